The molecule has 100 valence electrons. The minimum atomic E-state index is -0.954. The van der Waals surface area contributed by atoms with Crippen LogP contribution in [0.15, 0.2) is 0 Å². The number of fused-ring (bicyclic) bond motifs is 1. The third-order valence-electron chi connectivity index (χ3n) is 3.26. The molecule has 2 fully saturated rings. The summed E-state index contributed by atoms with van der Waals surface area (Å²) in [5.41, 5.74) is 0. The Morgan fingerprint density at radius 1 is 1.56 bits per heavy atom. The number of carbonyl (C=O) groups excluding carboxylic acids is 2. The van der Waals surface area contributed by atoms with E-state index in [0.717, 1.165) is 0 Å². The number of amides is 2. The number of carboxylic acids is 1. The highest BCUT2D eigenvalue weighted by Gasteiger charge is 2.54. The van der Waals surface area contributed by atoms with Crippen molar-refractivity contribution in [3.05, 3.63) is 0 Å². The van der Waals surface area contributed by atoms with Crippen LogP contribution in [0, 0.1) is 0 Å². The van der Waals surface area contributed by atoms with Crippen LogP contribution in [0.5, 0.6) is 0 Å². The fourth-order valence-corrected chi connectivity index (χ4v) is 3.96. The van der Waals surface area contributed by atoms with Gasteiger partial charge < -0.3 is 15.3 Å². The number of thioether (sulfide) groups is 1. The summed E-state index contributed by atoms with van der Waals surface area (Å²) in [6, 6.07) is -0.736. The van der Waals surface area contributed by atoms with E-state index in [4.69, 9.17) is 0 Å². The number of nitrogens with one attached hydrogen (secondary N) is 1. The summed E-state index contributed by atoms with van der Waals surface area (Å²) in [7, 11) is 0. The van der Waals surface area contributed by atoms with Gasteiger partial charge in [0.25, 0.3) is 0 Å². The SMILES string of the molecule is CCC(=O)NCCC1SC2CC(=O)N2C1C(=O)O. The number of hydrogen-bond acceptors (Lipinski definition) is 4. The molecule has 0 bridgehead atoms. The zero-order chi connectivity index (χ0) is 13.3. The Kier molecular flexibility index (Phi) is 3.79. The van der Waals surface area contributed by atoms with E-state index in [1.54, 1.807) is 6.92 Å². The molecule has 2 rings (SSSR count). The first kappa shape index (κ1) is 13.2. The predicted octanol–water partition coefficient (Wildman–Crippen LogP) is 0.0297. The molecule has 2 aliphatic heterocycles. The van der Waals surface area contributed by atoms with E-state index in [0.29, 0.717) is 25.8 Å². The van der Waals surface area contributed by atoms with Gasteiger partial charge in [-0.25, -0.2) is 4.79 Å². The van der Waals surface area contributed by atoms with Gasteiger partial charge in [-0.15, -0.1) is 11.8 Å². The average molecular weight is 272 g/mol. The molecule has 0 aromatic rings. The number of nitrogens with zero attached hydrogens (tertiary/aromatic N) is 1. The fourth-order valence-electron chi connectivity index (χ4n) is 2.29. The first-order valence-electron chi connectivity index (χ1n) is 6.00. The Hall–Kier alpha value is -1.24. The molecule has 0 aromatic heterocycles. The highest BCUT2D eigenvalue weighted by Crippen LogP contribution is 2.45. The van der Waals surface area contributed by atoms with E-state index >= 15 is 0 Å². The van der Waals surface area contributed by atoms with E-state index in [9.17, 15) is 19.5 Å². The van der Waals surface area contributed by atoms with Crippen molar-refractivity contribution in [2.45, 2.75) is 42.9 Å². The van der Waals surface area contributed by atoms with Crippen molar-refractivity contribution in [2.24, 2.45) is 0 Å². The van der Waals surface area contributed by atoms with Gasteiger partial charge in [-0.05, 0) is 6.42 Å². The maximum Gasteiger partial charge on any atom is 0.327 e. The molecular weight excluding hydrogens is 256 g/mol. The van der Waals surface area contributed by atoms with Gasteiger partial charge in [0.2, 0.25) is 11.8 Å². The zero-order valence-corrected chi connectivity index (χ0v) is 10.9. The van der Waals surface area contributed by atoms with Crippen LogP contribution < -0.4 is 5.32 Å². The van der Waals surface area contributed by atoms with Crippen LogP contribution in [-0.2, 0) is 14.4 Å². The third-order valence-corrected chi connectivity index (χ3v) is 4.81. The van der Waals surface area contributed by atoms with Crippen LogP contribution in [-0.4, -0.2) is 51.0 Å². The van der Waals surface area contributed by atoms with Crippen LogP contribution in [0.3, 0.4) is 0 Å². The number of aliphatic carboxylic acids is 1. The predicted molar refractivity (Wildman–Crippen MR) is 66.0 cm³/mol. The zero-order valence-electron chi connectivity index (χ0n) is 10.1. The van der Waals surface area contributed by atoms with Crippen molar-refractivity contribution in [3.63, 3.8) is 0 Å². The monoisotopic (exact) mass is 272 g/mol. The summed E-state index contributed by atoms with van der Waals surface area (Å²) in [4.78, 5) is 35.1. The highest BCUT2D eigenvalue weighted by molar-refractivity contribution is 8.01. The van der Waals surface area contributed by atoms with E-state index in [1.807, 2.05) is 0 Å². The van der Waals surface area contributed by atoms with Crippen LogP contribution in [0.1, 0.15) is 26.2 Å². The molecule has 0 aromatic carbocycles. The smallest absolute Gasteiger partial charge is 0.327 e. The molecule has 2 heterocycles. The van der Waals surface area contributed by atoms with Gasteiger partial charge in [-0.3, -0.25) is 9.59 Å². The largest absolute Gasteiger partial charge is 0.480 e. The van der Waals surface area contributed by atoms with E-state index in [2.05, 4.69) is 5.32 Å². The summed E-state index contributed by atoms with van der Waals surface area (Å²) < 4.78 is 0. The highest BCUT2D eigenvalue weighted by atomic mass is 32.2. The van der Waals surface area contributed by atoms with Gasteiger partial charge >= 0.3 is 5.97 Å². The van der Waals surface area contributed by atoms with E-state index < -0.39 is 12.0 Å². The van der Waals surface area contributed by atoms with Crippen molar-refractivity contribution in [2.75, 3.05) is 6.54 Å². The first-order valence-corrected chi connectivity index (χ1v) is 6.95. The van der Waals surface area contributed by atoms with Gasteiger partial charge in [0.15, 0.2) is 0 Å². The van der Waals surface area contributed by atoms with Gasteiger partial charge in [-0.2, -0.15) is 0 Å². The van der Waals surface area contributed by atoms with Crippen molar-refractivity contribution < 1.29 is 19.5 Å². The summed E-state index contributed by atoms with van der Waals surface area (Å²) >= 11 is 1.53. The van der Waals surface area contributed by atoms with Gasteiger partial charge in [0, 0.05) is 18.2 Å². The lowest BCUT2D eigenvalue weighted by atomic mass is 10.0. The van der Waals surface area contributed by atoms with Crippen LogP contribution >= 0.6 is 11.8 Å². The molecule has 0 saturated carbocycles. The summed E-state index contributed by atoms with van der Waals surface area (Å²) in [5, 5.41) is 11.8. The van der Waals surface area contributed by atoms with Gasteiger partial charge in [0.05, 0.1) is 11.8 Å². The molecule has 3 atom stereocenters. The molecular formula is C11H16N2O4S. The number of carboxylic acid groups (broad SMARTS) is 1. The second-order valence-electron chi connectivity index (χ2n) is 4.41. The molecule has 2 amide bonds. The van der Waals surface area contributed by atoms with Crippen LogP contribution in [0.4, 0.5) is 0 Å². The third kappa shape index (κ3) is 2.31. The standard InChI is InChI=1S/C11H16N2O4S/c1-2-7(14)12-4-3-6-10(11(16)17)13-8(15)5-9(13)18-6/h6,9-10H,2-5H2,1H3,(H,12,14)(H,16,17). The normalized spacial score (nSPS) is 29.7. The van der Waals surface area contributed by atoms with Crippen LogP contribution in [0.25, 0.3) is 0 Å². The Labute approximate surface area is 109 Å². The first-order chi connectivity index (χ1) is 8.54. The van der Waals surface area contributed by atoms with Crippen molar-refractivity contribution >= 4 is 29.5 Å². The quantitative estimate of drug-likeness (QED) is 0.690. The summed E-state index contributed by atoms with van der Waals surface area (Å²) in [6.45, 7) is 2.23. The molecule has 0 aliphatic carbocycles. The molecule has 2 aliphatic rings. The lowest BCUT2D eigenvalue weighted by Gasteiger charge is -2.35. The Bertz CT molecular complexity index is 387. The molecule has 2 saturated heterocycles. The topological polar surface area (TPSA) is 86.7 Å². The molecule has 2 N–H and O–H groups in total. The van der Waals surface area contributed by atoms with Gasteiger partial charge in [-0.1, -0.05) is 6.92 Å². The molecule has 0 radical (unpaired) electrons. The average Bonchev–Trinajstić information content (AvgIpc) is 2.61. The van der Waals surface area contributed by atoms with E-state index in [-0.39, 0.29) is 22.4 Å². The minimum Gasteiger partial charge on any atom is -0.480 e. The van der Waals surface area contributed by atoms with Gasteiger partial charge in [0.1, 0.15) is 6.04 Å². The Balaban J connectivity index is 1.90. The van der Waals surface area contributed by atoms with E-state index in [1.165, 1.54) is 16.7 Å². The molecule has 0 spiro atoms. The maximum absolute atomic E-state index is 11.4. The second-order valence-corrected chi connectivity index (χ2v) is 5.83. The number of β-lactam (4-membered cyclic amide) rings is 1. The van der Waals surface area contributed by atoms with Crippen molar-refractivity contribution in [3.8, 4) is 0 Å². The minimum absolute atomic E-state index is 0.0190. The number of rotatable bonds is 5. The number of hydrogen-bond donors (Lipinski definition) is 2. The molecule has 6 nitrogen and oxygen atoms in total. The molecule has 3 unspecified atom stereocenters. The molecule has 7 heteroatoms. The maximum atomic E-state index is 11.4. The Morgan fingerprint density at radius 3 is 2.83 bits per heavy atom. The van der Waals surface area contributed by atoms with Crippen LogP contribution in [0.2, 0.25) is 0 Å². The summed E-state index contributed by atoms with van der Waals surface area (Å²) in [5.74, 6) is -1.07. The van der Waals surface area contributed by atoms with Crippen molar-refractivity contribution in [1.29, 1.82) is 0 Å². The lowest BCUT2D eigenvalue weighted by molar-refractivity contribution is -0.156. The number of carbonyl (C=O) groups is 3. The Morgan fingerprint density at radius 2 is 2.28 bits per heavy atom. The second kappa shape index (κ2) is 5.17. The summed E-state index contributed by atoms with van der Waals surface area (Å²) in [6.07, 6.45) is 1.44. The fraction of sp³-hybridized carbons (Fsp3) is 0.727. The lowest BCUT2D eigenvalue weighted by Crippen LogP contribution is -2.55. The van der Waals surface area contributed by atoms with Crippen molar-refractivity contribution in [1.82, 2.24) is 10.2 Å². The molecule has 18 heavy (non-hydrogen) atoms.